The quantitative estimate of drug-likeness (QED) is 0.266. The highest BCUT2D eigenvalue weighted by Crippen LogP contribution is 2.45. The van der Waals surface area contributed by atoms with E-state index >= 15 is 0 Å². The molecule has 2 aromatic carbocycles. The van der Waals surface area contributed by atoms with Crippen molar-refractivity contribution in [3.63, 3.8) is 0 Å². The number of piperidine rings is 2. The molecule has 2 aromatic rings. The van der Waals surface area contributed by atoms with Gasteiger partial charge in [0.15, 0.2) is 0 Å². The molecule has 3 saturated heterocycles. The molecule has 5 atom stereocenters. The molecule has 0 aliphatic carbocycles. The summed E-state index contributed by atoms with van der Waals surface area (Å²) in [5.41, 5.74) is -3.29. The second kappa shape index (κ2) is 13.5. The van der Waals surface area contributed by atoms with Gasteiger partial charge in [0.05, 0.1) is 23.3 Å². The number of rotatable bonds is 7. The molecule has 3 fully saturated rings. The molecule has 5 rings (SSSR count). The van der Waals surface area contributed by atoms with Gasteiger partial charge in [0, 0.05) is 49.5 Å². The van der Waals surface area contributed by atoms with Gasteiger partial charge in [0.25, 0.3) is 0 Å². The fourth-order valence-electron chi connectivity index (χ4n) is 7.11. The number of alkyl halides is 7. The molecule has 15 heteroatoms. The summed E-state index contributed by atoms with van der Waals surface area (Å²) in [6.45, 7) is 3.88. The molecular weight excluding hydrogens is 671 g/mol. The second-order valence-corrected chi connectivity index (χ2v) is 13.3. The number of hydrogen-bond donors (Lipinski definition) is 1. The Kier molecular flexibility index (Phi) is 10.1. The first-order chi connectivity index (χ1) is 22.4. The van der Waals surface area contributed by atoms with E-state index in [1.807, 2.05) is 6.92 Å². The summed E-state index contributed by atoms with van der Waals surface area (Å²) in [6, 6.07) is 6.07. The van der Waals surface area contributed by atoms with Gasteiger partial charge in [-0.05, 0) is 74.6 Å². The lowest BCUT2D eigenvalue weighted by Gasteiger charge is -2.42. The average molecular weight is 706 g/mol. The van der Waals surface area contributed by atoms with Crippen LogP contribution in [0.15, 0.2) is 42.5 Å². The third kappa shape index (κ3) is 7.74. The van der Waals surface area contributed by atoms with Crippen molar-refractivity contribution in [3.8, 4) is 0 Å². The van der Waals surface area contributed by atoms with Crippen molar-refractivity contribution >= 4 is 29.3 Å². The fraction of sp³-hybridized carbons (Fsp3) is 0.545. The van der Waals surface area contributed by atoms with Crippen molar-refractivity contribution in [1.82, 2.24) is 15.1 Å². The number of benzene rings is 2. The zero-order chi connectivity index (χ0) is 35.2. The molecule has 3 aliphatic rings. The molecule has 3 aliphatic heterocycles. The van der Waals surface area contributed by atoms with E-state index in [0.717, 1.165) is 0 Å². The van der Waals surface area contributed by atoms with Crippen LogP contribution in [0.25, 0.3) is 0 Å². The number of carbonyl (C=O) groups is 3. The van der Waals surface area contributed by atoms with Crippen LogP contribution < -0.4 is 5.32 Å². The van der Waals surface area contributed by atoms with Crippen LogP contribution in [0.3, 0.4) is 0 Å². The number of hydrogen-bond acceptors (Lipinski definition) is 4. The van der Waals surface area contributed by atoms with E-state index in [1.54, 1.807) is 4.90 Å². The Morgan fingerprint density at radius 1 is 1.02 bits per heavy atom. The minimum Gasteiger partial charge on any atom is -0.368 e. The van der Waals surface area contributed by atoms with Crippen LogP contribution in [0.2, 0.25) is 0 Å². The zero-order valence-corrected chi connectivity index (χ0v) is 26.9. The van der Waals surface area contributed by atoms with Gasteiger partial charge in [-0.1, -0.05) is 12.1 Å². The van der Waals surface area contributed by atoms with Crippen LogP contribution >= 0.6 is 11.6 Å². The Morgan fingerprint density at radius 2 is 1.60 bits per heavy atom. The molecule has 262 valence electrons. The fourth-order valence-corrected chi connectivity index (χ4v) is 7.18. The summed E-state index contributed by atoms with van der Waals surface area (Å²) < 4.78 is 102. The summed E-state index contributed by atoms with van der Waals surface area (Å²) in [7, 11) is 0. The van der Waals surface area contributed by atoms with Gasteiger partial charge in [-0.2, -0.15) is 26.3 Å². The first-order valence-corrected chi connectivity index (χ1v) is 16.1. The van der Waals surface area contributed by atoms with E-state index < -0.39 is 64.9 Å². The van der Waals surface area contributed by atoms with Crippen LogP contribution in [0.5, 0.6) is 0 Å². The van der Waals surface area contributed by atoms with Crippen molar-refractivity contribution in [2.45, 2.75) is 81.6 Å². The summed E-state index contributed by atoms with van der Waals surface area (Å²) in [6.07, 6.45) is -11.1. The molecule has 7 nitrogen and oxygen atoms in total. The highest BCUT2D eigenvalue weighted by molar-refractivity contribution is 6.27. The summed E-state index contributed by atoms with van der Waals surface area (Å²) in [4.78, 5) is 42.3. The van der Waals surface area contributed by atoms with Gasteiger partial charge in [-0.25, -0.2) is 4.39 Å². The molecule has 48 heavy (non-hydrogen) atoms. The van der Waals surface area contributed by atoms with Crippen LogP contribution in [-0.2, 0) is 31.5 Å². The molecule has 1 N–H and O–H groups in total. The van der Waals surface area contributed by atoms with Crippen LogP contribution in [0.1, 0.15) is 73.8 Å². The minimum absolute atomic E-state index is 0.0236. The first kappa shape index (κ1) is 35.9. The number of likely N-dealkylation sites (tertiary alicyclic amines) is 1. The van der Waals surface area contributed by atoms with E-state index in [-0.39, 0.29) is 54.6 Å². The van der Waals surface area contributed by atoms with E-state index in [4.69, 9.17) is 16.3 Å². The van der Waals surface area contributed by atoms with Crippen molar-refractivity contribution in [2.24, 2.45) is 5.92 Å². The molecule has 0 bridgehead atoms. The largest absolute Gasteiger partial charge is 0.416 e. The van der Waals surface area contributed by atoms with E-state index in [2.05, 4.69) is 5.32 Å². The number of nitrogens with zero attached hydrogens (tertiary/aromatic N) is 2. The monoisotopic (exact) mass is 705 g/mol. The molecular formula is C33H35ClF7N3O4. The Morgan fingerprint density at radius 3 is 2.15 bits per heavy atom. The Hall–Kier alpha value is -3.39. The Balaban J connectivity index is 1.38. The van der Waals surface area contributed by atoms with Gasteiger partial charge in [-0.15, -0.1) is 11.6 Å². The molecule has 0 spiro atoms. The Bertz CT molecular complexity index is 1490. The van der Waals surface area contributed by atoms with Crippen molar-refractivity contribution in [3.05, 3.63) is 70.5 Å². The molecule has 3 unspecified atom stereocenters. The lowest BCUT2D eigenvalue weighted by molar-refractivity contribution is -0.148. The standard InChI is InChI=1S/C33H35ClF7N3O4/c1-18(20-11-22(32(36,37)38)15-23(12-20)33(39,40)41)48-26-17-44-25(29(26)19-3-5-24(35)6-4-19)13-21(14-28(44)46)30(47)43-9-7-31(2,8-10-43)42-27(45)16-34/h3-6,11-12,15,18,21,25-26,29H,7-10,13-14,16-17H2,1-2H3,(H,42,45)/t18-,21?,25?,26+,29?/m1/s1. The minimum atomic E-state index is -5.04. The van der Waals surface area contributed by atoms with Crippen LogP contribution in [0.4, 0.5) is 30.7 Å². The summed E-state index contributed by atoms with van der Waals surface area (Å²) >= 11 is 5.63. The number of halogens is 8. The number of ether oxygens (including phenoxy) is 1. The van der Waals surface area contributed by atoms with Crippen molar-refractivity contribution in [2.75, 3.05) is 25.5 Å². The van der Waals surface area contributed by atoms with Gasteiger partial charge >= 0.3 is 12.4 Å². The summed E-state index contributed by atoms with van der Waals surface area (Å²) in [5, 5.41) is 2.88. The summed E-state index contributed by atoms with van der Waals surface area (Å²) in [5.74, 6) is -2.96. The topological polar surface area (TPSA) is 79.0 Å². The number of carbonyl (C=O) groups excluding carboxylic acids is 3. The highest BCUT2D eigenvalue weighted by atomic mass is 35.5. The molecule has 0 saturated carbocycles. The first-order valence-electron chi connectivity index (χ1n) is 15.5. The molecule has 0 radical (unpaired) electrons. The predicted molar refractivity (Wildman–Crippen MR) is 160 cm³/mol. The van der Waals surface area contributed by atoms with Gasteiger partial charge in [-0.3, -0.25) is 14.4 Å². The SMILES string of the molecule is C[C@@H](O[C@H]1CN2C(=O)CC(C(=O)N3CCC(C)(NC(=O)CCl)CC3)CC2C1c1ccc(F)cc1)c1cc(C(F)(F)F)cc(C(F)(F)F)c1. The van der Waals surface area contributed by atoms with Gasteiger partial charge in [0.1, 0.15) is 11.7 Å². The van der Waals surface area contributed by atoms with E-state index in [0.29, 0.717) is 43.6 Å². The van der Waals surface area contributed by atoms with Crippen molar-refractivity contribution in [1.29, 1.82) is 0 Å². The average Bonchev–Trinajstić information content (AvgIpc) is 3.38. The zero-order valence-electron chi connectivity index (χ0n) is 26.1. The molecule has 3 amide bonds. The van der Waals surface area contributed by atoms with Crippen LogP contribution in [0, 0.1) is 11.7 Å². The second-order valence-electron chi connectivity index (χ2n) is 13.1. The number of nitrogens with one attached hydrogen (secondary N) is 1. The van der Waals surface area contributed by atoms with Crippen molar-refractivity contribution < 1.29 is 49.9 Å². The number of amides is 3. The van der Waals surface area contributed by atoms with Crippen LogP contribution in [-0.4, -0.2) is 70.7 Å². The predicted octanol–water partition coefficient (Wildman–Crippen LogP) is 6.45. The van der Waals surface area contributed by atoms with Gasteiger partial charge < -0.3 is 19.9 Å². The van der Waals surface area contributed by atoms with E-state index in [9.17, 15) is 45.1 Å². The number of fused-ring (bicyclic) bond motifs is 1. The smallest absolute Gasteiger partial charge is 0.368 e. The third-order valence-electron chi connectivity index (χ3n) is 9.66. The highest BCUT2D eigenvalue weighted by Gasteiger charge is 2.51. The maximum Gasteiger partial charge on any atom is 0.416 e. The third-order valence-corrected chi connectivity index (χ3v) is 9.91. The Labute approximate surface area is 277 Å². The van der Waals surface area contributed by atoms with E-state index in [1.165, 1.54) is 36.1 Å². The molecule has 0 aromatic heterocycles. The molecule has 3 heterocycles. The maximum absolute atomic E-state index is 13.9. The van der Waals surface area contributed by atoms with Gasteiger partial charge in [0.2, 0.25) is 17.7 Å². The normalized spacial score (nSPS) is 25.1. The lowest BCUT2D eigenvalue weighted by Crippen LogP contribution is -2.56. The lowest BCUT2D eigenvalue weighted by atomic mass is 9.80. The maximum atomic E-state index is 13.9.